The van der Waals surface area contributed by atoms with Gasteiger partial charge in [-0.3, -0.25) is 4.79 Å². The Kier molecular flexibility index (Phi) is 17.9. The van der Waals surface area contributed by atoms with E-state index in [0.29, 0.717) is 57.1 Å². The second-order valence-corrected chi connectivity index (χ2v) is 15.0. The predicted molar refractivity (Wildman–Crippen MR) is 245 cm³/mol. The molecule has 0 aliphatic heterocycles. The van der Waals surface area contributed by atoms with Crippen molar-refractivity contribution in [3.05, 3.63) is 101 Å². The molecule has 0 atom stereocenters. The fraction of sp³-hybridized carbons (Fsp3) is 0.0556. The Labute approximate surface area is 398 Å². The van der Waals surface area contributed by atoms with Crippen LogP contribution in [0, 0.1) is 6.92 Å². The number of thioether (sulfide) groups is 1. The van der Waals surface area contributed by atoms with Gasteiger partial charge in [0.25, 0.3) is 0 Å². The molecule has 24 nitrogen and oxygen atoms in total. The lowest BCUT2D eigenvalue weighted by Crippen LogP contribution is -2.05. The Bertz CT molecular complexity index is 2880. The lowest BCUT2D eigenvalue weighted by atomic mass is 10.0. The average molecular weight is 1020 g/mol. The van der Waals surface area contributed by atoms with Crippen molar-refractivity contribution in [2.45, 2.75) is 17.0 Å². The number of carboxylic acids is 1. The highest BCUT2D eigenvalue weighted by molar-refractivity contribution is 7.99. The lowest BCUT2D eigenvalue weighted by molar-refractivity contribution is -0.432. The van der Waals surface area contributed by atoms with E-state index in [9.17, 15) is 15.0 Å². The molecular formula is C36H26Cl2N12O12S4. The molecule has 0 aliphatic carbocycles. The van der Waals surface area contributed by atoms with E-state index in [-0.39, 0.29) is 79.0 Å². The molecule has 340 valence electrons. The first-order valence-corrected chi connectivity index (χ1v) is 21.1. The minimum absolute atomic E-state index is 0.00552. The van der Waals surface area contributed by atoms with Crippen molar-refractivity contribution >= 4 is 147 Å². The smallest absolute Gasteiger partial charge is 0.313 e. The first-order valence-electron chi connectivity index (χ1n) is 17.5. The number of phenols is 1. The number of anilines is 6. The minimum atomic E-state index is -1.08. The fourth-order valence-electron chi connectivity index (χ4n) is 5.21. The van der Waals surface area contributed by atoms with Crippen LogP contribution >= 0.6 is 72.1 Å². The number of carbonyl (C=O) groups is 1. The van der Waals surface area contributed by atoms with Crippen LogP contribution in [-0.2, 0) is 32.8 Å². The van der Waals surface area contributed by atoms with Crippen molar-refractivity contribution in [3.8, 4) is 11.5 Å². The standard InChI is InChI=1S/C36H26Cl2N12O12S4/c1-3-56-61-66-39-11-10-25(51)18-4-6-20(7-5-18)40-33-43-31(37)44-35(47-33)42-24-15-22(57-59-60-63)13-19-12-17(2)29(30(54)28(19)24)50-49-23-14-21(8-9-26(23)65-62-58-55)41-34-45-32(38)46-36(48-34)64-16-27(52)53/h3-9,12-15,51,54-55,63H,1,16H2,2H3,(H,52,53)(H,41,45,46,48)(H2,40,42,43,44,47). The number of carboxylic acid groups (broad SMARTS) is 1. The number of nitrogens with zero attached hydrogens (tertiary/aromatic N) is 9. The van der Waals surface area contributed by atoms with Crippen LogP contribution in [0.5, 0.6) is 11.5 Å². The maximum absolute atomic E-state index is 11.9. The van der Waals surface area contributed by atoms with Gasteiger partial charge in [0.15, 0.2) is 34.6 Å². The summed E-state index contributed by atoms with van der Waals surface area (Å²) in [5.74, 6) is 0.340. The summed E-state index contributed by atoms with van der Waals surface area (Å²) in [6.07, 6.45) is 1.06. The summed E-state index contributed by atoms with van der Waals surface area (Å²) in [6.45, 7) is 4.98. The van der Waals surface area contributed by atoms with Crippen molar-refractivity contribution in [3.63, 3.8) is 0 Å². The zero-order valence-electron chi connectivity index (χ0n) is 32.8. The van der Waals surface area contributed by atoms with Gasteiger partial charge in [-0.05, 0) is 106 Å². The van der Waals surface area contributed by atoms with Crippen LogP contribution in [-0.4, -0.2) is 68.1 Å². The summed E-state index contributed by atoms with van der Waals surface area (Å²) in [6, 6.07) is 15.6. The molecule has 30 heteroatoms. The van der Waals surface area contributed by atoms with Gasteiger partial charge in [0.2, 0.25) is 28.4 Å². The molecule has 6 rings (SSSR count). The molecule has 0 bridgehead atoms. The highest BCUT2D eigenvalue weighted by atomic mass is 35.5. The summed E-state index contributed by atoms with van der Waals surface area (Å²) < 4.78 is 17.1. The number of halogens is 2. The van der Waals surface area contributed by atoms with Crippen LogP contribution < -0.4 is 20.8 Å². The van der Waals surface area contributed by atoms with Crippen molar-refractivity contribution in [2.24, 2.45) is 14.6 Å². The van der Waals surface area contributed by atoms with E-state index in [2.05, 4.69) is 120 Å². The third kappa shape index (κ3) is 14.0. The van der Waals surface area contributed by atoms with Gasteiger partial charge in [0.05, 0.1) is 34.2 Å². The van der Waals surface area contributed by atoms with E-state index in [1.54, 1.807) is 43.3 Å². The number of aromatic nitrogens is 6. The van der Waals surface area contributed by atoms with Crippen LogP contribution in [0.25, 0.3) is 16.5 Å². The minimum Gasteiger partial charge on any atom is -0.505 e. The topological polar surface area (TPSA) is 313 Å². The Morgan fingerprint density at radius 1 is 0.909 bits per heavy atom. The average Bonchev–Trinajstić information content (AvgIpc) is 3.28. The van der Waals surface area contributed by atoms with E-state index >= 15 is 0 Å². The molecule has 6 aromatic rings. The molecule has 0 saturated heterocycles. The van der Waals surface area contributed by atoms with Crippen molar-refractivity contribution < 1.29 is 58.2 Å². The third-order valence-electron chi connectivity index (χ3n) is 7.71. The molecule has 7 N–H and O–H groups in total. The Hall–Kier alpha value is -6.46. The SMILES string of the molecule is C=COOSN=C=C=C(O)c1ccc(Nc2nc(Cl)nc(Nc3cc(OOOS)cc4cc(C)c(N=Nc5cc(Nc6nc(Cl)nc(SCC(=O)O)n6)ccc5SOOO)c(O)c34)n2)cc1. The predicted octanol–water partition coefficient (Wildman–Crippen LogP) is 10.2. The molecule has 0 unspecified atom stereocenters. The summed E-state index contributed by atoms with van der Waals surface area (Å²) in [7, 11) is 0. The van der Waals surface area contributed by atoms with Gasteiger partial charge in [-0.1, -0.05) is 27.7 Å². The quantitative estimate of drug-likeness (QED) is 0.00268. The van der Waals surface area contributed by atoms with Gasteiger partial charge in [0.1, 0.15) is 17.6 Å². The number of hydrogen-bond acceptors (Lipinski definition) is 27. The maximum atomic E-state index is 11.9. The molecule has 0 saturated carbocycles. The Balaban J connectivity index is 1.31. The first-order chi connectivity index (χ1) is 31.9. The van der Waals surface area contributed by atoms with Gasteiger partial charge in [-0.15, -0.1) is 23.3 Å². The largest absolute Gasteiger partial charge is 0.505 e. The van der Waals surface area contributed by atoms with Gasteiger partial charge < -0.3 is 41.0 Å². The van der Waals surface area contributed by atoms with Crippen LogP contribution in [0.2, 0.25) is 10.6 Å². The number of rotatable bonds is 22. The second kappa shape index (κ2) is 24.2. The number of aromatic hydroxyl groups is 1. The number of benzene rings is 4. The number of aliphatic hydroxyl groups is 1. The molecule has 2 heterocycles. The zero-order valence-corrected chi connectivity index (χ0v) is 37.6. The van der Waals surface area contributed by atoms with Crippen LogP contribution in [0.1, 0.15) is 11.1 Å². The highest BCUT2D eigenvalue weighted by Crippen LogP contribution is 2.45. The number of phenolic OH excluding ortho intramolecular Hbond substituents is 1. The Morgan fingerprint density at radius 3 is 2.35 bits per heavy atom. The summed E-state index contributed by atoms with van der Waals surface area (Å²) in [5.41, 5.74) is 4.44. The van der Waals surface area contributed by atoms with Gasteiger partial charge in [-0.2, -0.15) is 29.9 Å². The molecule has 4 aromatic carbocycles. The van der Waals surface area contributed by atoms with Gasteiger partial charge >= 0.3 is 5.97 Å². The molecule has 0 aliphatic rings. The van der Waals surface area contributed by atoms with Crippen molar-refractivity contribution in [1.82, 2.24) is 29.9 Å². The van der Waals surface area contributed by atoms with E-state index in [4.69, 9.17) is 38.5 Å². The molecule has 2 aromatic heterocycles. The molecule has 66 heavy (non-hydrogen) atoms. The summed E-state index contributed by atoms with van der Waals surface area (Å²) in [5, 5.41) is 66.4. The number of azo groups is 1. The fourth-order valence-corrected chi connectivity index (χ4v) is 6.78. The summed E-state index contributed by atoms with van der Waals surface area (Å²) >= 11 is 17.9. The highest BCUT2D eigenvalue weighted by Gasteiger charge is 2.19. The van der Waals surface area contributed by atoms with E-state index in [0.717, 1.165) is 18.0 Å². The molecule has 0 fully saturated rings. The van der Waals surface area contributed by atoms with Gasteiger partial charge in [-0.25, -0.2) is 5.26 Å². The van der Waals surface area contributed by atoms with Crippen LogP contribution in [0.3, 0.4) is 0 Å². The van der Waals surface area contributed by atoms with Crippen LogP contribution in [0.4, 0.5) is 46.3 Å². The van der Waals surface area contributed by atoms with E-state index in [1.165, 1.54) is 24.3 Å². The number of aryl methyl sites for hydroxylation is 1. The third-order valence-corrected chi connectivity index (χ3v) is 9.90. The number of thiol groups is 1. The van der Waals surface area contributed by atoms with Crippen molar-refractivity contribution in [2.75, 3.05) is 21.7 Å². The number of nitrogens with one attached hydrogen (secondary N) is 3. The number of hydrogen-bond donors (Lipinski definition) is 8. The van der Waals surface area contributed by atoms with Crippen LogP contribution in [0.15, 0.2) is 104 Å². The molecular weight excluding hydrogens is 992 g/mol. The molecule has 0 spiro atoms. The van der Waals surface area contributed by atoms with E-state index < -0.39 is 5.97 Å². The molecule has 0 radical (unpaired) electrons. The van der Waals surface area contributed by atoms with E-state index in [1.807, 2.05) is 0 Å². The number of aliphatic hydroxyl groups excluding tert-OH is 1. The maximum Gasteiger partial charge on any atom is 0.313 e. The first kappa shape index (κ1) is 49.0. The monoisotopic (exact) mass is 1020 g/mol. The number of fused-ring (bicyclic) bond motifs is 1. The second-order valence-electron chi connectivity index (χ2n) is 12.0. The normalized spacial score (nSPS) is 10.9. The van der Waals surface area contributed by atoms with Gasteiger partial charge in [0, 0.05) is 41.3 Å². The molecule has 0 amide bonds. The van der Waals surface area contributed by atoms with Crippen molar-refractivity contribution in [1.29, 1.82) is 0 Å². The summed E-state index contributed by atoms with van der Waals surface area (Å²) in [4.78, 5) is 45.9. The lowest BCUT2D eigenvalue weighted by Gasteiger charge is -2.15. The Morgan fingerprint density at radius 2 is 1.62 bits per heavy atom. The zero-order chi connectivity index (χ0) is 47.0. The number of aliphatic carboxylic acids is 1.